The molecule has 4 rings (SSSR count). The van der Waals surface area contributed by atoms with Crippen LogP contribution in [0.2, 0.25) is 10.0 Å². The third-order valence-electron chi connectivity index (χ3n) is 5.00. The van der Waals surface area contributed by atoms with Crippen LogP contribution in [0.3, 0.4) is 0 Å². The number of carbonyl (C=O) groups excluding carboxylic acids is 1. The standard InChI is InChI=1S/C26H17Cl2N3O3S/c1-34-22-10-6-5-7-16(22)13-23-25(33)31(18-8-3-2-4-9-18)26(35-23)19(15-29)24(32)30-21-12-11-17(27)14-20(21)28/h2-14H,1H3,(H,30,32). The first-order valence-corrected chi connectivity index (χ1v) is 11.8. The van der Waals surface area contributed by atoms with Crippen LogP contribution in [0.4, 0.5) is 5.69 Å². The second-order valence-electron chi connectivity index (χ2n) is 7.20. The van der Waals surface area contributed by atoms with Crippen LogP contribution >= 0.6 is 34.5 Å². The number of nitrogens with one attached hydrogen (secondary N) is 1. The number of hydrogen-bond acceptors (Lipinski definition) is 5. The highest BCUT2D eigenvalue weighted by Gasteiger charge is 2.18. The molecule has 4 aromatic rings. The zero-order valence-corrected chi connectivity index (χ0v) is 20.6. The van der Waals surface area contributed by atoms with Crippen molar-refractivity contribution in [2.75, 3.05) is 12.4 Å². The van der Waals surface area contributed by atoms with E-state index in [0.717, 1.165) is 11.3 Å². The summed E-state index contributed by atoms with van der Waals surface area (Å²) < 4.78 is 7.27. The van der Waals surface area contributed by atoms with Gasteiger partial charge in [-0.15, -0.1) is 11.3 Å². The van der Waals surface area contributed by atoms with Crippen molar-refractivity contribution in [2.24, 2.45) is 0 Å². The van der Waals surface area contributed by atoms with Crippen LogP contribution in [-0.4, -0.2) is 17.6 Å². The fourth-order valence-corrected chi connectivity index (χ4v) is 4.91. The van der Waals surface area contributed by atoms with E-state index < -0.39 is 5.91 Å². The van der Waals surface area contributed by atoms with E-state index in [1.54, 1.807) is 49.6 Å². The van der Waals surface area contributed by atoms with Gasteiger partial charge < -0.3 is 10.1 Å². The first-order chi connectivity index (χ1) is 16.9. The minimum absolute atomic E-state index is 0.187. The number of para-hydroxylation sites is 2. The molecule has 0 saturated heterocycles. The van der Waals surface area contributed by atoms with Gasteiger partial charge in [0.15, 0.2) is 5.57 Å². The van der Waals surface area contributed by atoms with Crippen LogP contribution in [0, 0.1) is 11.3 Å². The molecule has 6 nitrogen and oxygen atoms in total. The van der Waals surface area contributed by atoms with Gasteiger partial charge in [-0.3, -0.25) is 14.2 Å². The smallest absolute Gasteiger partial charge is 0.273 e. The summed E-state index contributed by atoms with van der Waals surface area (Å²) in [6.45, 7) is 0. The first-order valence-electron chi connectivity index (χ1n) is 10.3. The first kappa shape index (κ1) is 24.3. The molecule has 174 valence electrons. The molecular weight excluding hydrogens is 505 g/mol. The number of methoxy groups -OCH3 is 1. The number of anilines is 1. The summed E-state index contributed by atoms with van der Waals surface area (Å²) in [7, 11) is 1.54. The van der Waals surface area contributed by atoms with Crippen molar-refractivity contribution in [3.8, 4) is 17.5 Å². The Balaban J connectivity index is 1.96. The van der Waals surface area contributed by atoms with Crippen molar-refractivity contribution in [3.63, 3.8) is 0 Å². The molecule has 0 unspecified atom stereocenters. The molecule has 35 heavy (non-hydrogen) atoms. The predicted molar refractivity (Wildman–Crippen MR) is 140 cm³/mol. The van der Waals surface area contributed by atoms with E-state index in [4.69, 9.17) is 27.9 Å². The largest absolute Gasteiger partial charge is 0.496 e. The van der Waals surface area contributed by atoms with Crippen molar-refractivity contribution in [1.29, 1.82) is 5.26 Å². The van der Waals surface area contributed by atoms with Gasteiger partial charge in [-0.2, -0.15) is 5.26 Å². The molecule has 0 aliphatic carbocycles. The maximum atomic E-state index is 13.5. The average Bonchev–Trinajstić information content (AvgIpc) is 3.17. The predicted octanol–water partition coefficient (Wildman–Crippen LogP) is 4.36. The Labute approximate surface area is 214 Å². The molecule has 0 spiro atoms. The van der Waals surface area contributed by atoms with Crippen molar-refractivity contribution in [2.45, 2.75) is 0 Å². The molecule has 1 heterocycles. The van der Waals surface area contributed by atoms with E-state index in [1.165, 1.54) is 16.7 Å². The van der Waals surface area contributed by atoms with E-state index >= 15 is 0 Å². The molecule has 0 fully saturated rings. The van der Waals surface area contributed by atoms with Gasteiger partial charge in [0.2, 0.25) is 0 Å². The van der Waals surface area contributed by atoms with Gasteiger partial charge in [-0.05, 0) is 42.5 Å². The van der Waals surface area contributed by atoms with Crippen molar-refractivity contribution in [1.82, 2.24) is 4.57 Å². The van der Waals surface area contributed by atoms with Gasteiger partial charge >= 0.3 is 0 Å². The molecular formula is C26H17Cl2N3O3S. The number of carbonyl (C=O) groups is 1. The molecule has 1 aromatic heterocycles. The lowest BCUT2D eigenvalue weighted by molar-refractivity contribution is -0.111. The Morgan fingerprint density at radius 1 is 1.09 bits per heavy atom. The van der Waals surface area contributed by atoms with Crippen molar-refractivity contribution >= 4 is 57.8 Å². The number of aromatic nitrogens is 1. The molecule has 0 bridgehead atoms. The number of rotatable bonds is 5. The Morgan fingerprint density at radius 2 is 1.80 bits per heavy atom. The molecule has 3 aromatic carbocycles. The van der Waals surface area contributed by atoms with Crippen LogP contribution < -0.4 is 24.8 Å². The number of nitriles is 1. The Hall–Kier alpha value is -3.83. The van der Waals surface area contributed by atoms with Crippen molar-refractivity contribution < 1.29 is 9.53 Å². The summed E-state index contributed by atoms with van der Waals surface area (Å²) in [6, 6.07) is 22.6. The summed E-state index contributed by atoms with van der Waals surface area (Å²) in [5.74, 6) is -0.112. The maximum Gasteiger partial charge on any atom is 0.273 e. The number of hydrogen-bond donors (Lipinski definition) is 1. The average molecular weight is 522 g/mol. The fourth-order valence-electron chi connectivity index (χ4n) is 3.36. The molecule has 0 atom stereocenters. The quantitative estimate of drug-likeness (QED) is 0.423. The lowest BCUT2D eigenvalue weighted by Crippen LogP contribution is -2.32. The highest BCUT2D eigenvalue weighted by atomic mass is 35.5. The maximum absolute atomic E-state index is 13.5. The van der Waals surface area contributed by atoms with Crippen LogP contribution in [0.1, 0.15) is 5.56 Å². The third kappa shape index (κ3) is 5.15. The van der Waals surface area contributed by atoms with Gasteiger partial charge in [-0.1, -0.05) is 59.6 Å². The molecule has 1 N–H and O–H groups in total. The van der Waals surface area contributed by atoms with Gasteiger partial charge in [0.25, 0.3) is 11.5 Å². The minimum Gasteiger partial charge on any atom is -0.496 e. The van der Waals surface area contributed by atoms with Gasteiger partial charge in [0, 0.05) is 10.6 Å². The molecule has 0 radical (unpaired) electrons. The van der Waals surface area contributed by atoms with E-state index in [1.807, 2.05) is 30.3 Å². The Bertz CT molecular complexity index is 1640. The van der Waals surface area contributed by atoms with E-state index in [0.29, 0.717) is 32.2 Å². The highest BCUT2D eigenvalue weighted by molar-refractivity contribution is 7.07. The van der Waals surface area contributed by atoms with E-state index in [-0.39, 0.29) is 20.8 Å². The molecule has 0 aliphatic rings. The molecule has 1 amide bonds. The summed E-state index contributed by atoms with van der Waals surface area (Å²) in [5.41, 5.74) is 0.901. The normalized spacial score (nSPS) is 12.1. The number of halogens is 2. The third-order valence-corrected chi connectivity index (χ3v) is 6.64. The summed E-state index contributed by atoms with van der Waals surface area (Å²) >= 11 is 13.2. The number of amides is 1. The summed E-state index contributed by atoms with van der Waals surface area (Å²) in [5, 5.41) is 13.2. The monoisotopic (exact) mass is 521 g/mol. The Kier molecular flexibility index (Phi) is 7.37. The van der Waals surface area contributed by atoms with Crippen molar-refractivity contribution in [3.05, 3.63) is 108 Å². The topological polar surface area (TPSA) is 84.1 Å². The fraction of sp³-hybridized carbons (Fsp3) is 0.0385. The zero-order chi connectivity index (χ0) is 24.9. The number of nitrogens with zero attached hydrogens (tertiary/aromatic N) is 2. The van der Waals surface area contributed by atoms with Gasteiger partial charge in [-0.25, -0.2) is 0 Å². The van der Waals surface area contributed by atoms with Gasteiger partial charge in [0.05, 0.1) is 28.0 Å². The Morgan fingerprint density at radius 3 is 2.49 bits per heavy atom. The second kappa shape index (κ2) is 10.6. The van der Waals surface area contributed by atoms with E-state index in [9.17, 15) is 14.9 Å². The molecule has 0 aliphatic heterocycles. The van der Waals surface area contributed by atoms with Crippen LogP contribution in [0.15, 0.2) is 77.6 Å². The molecule has 9 heteroatoms. The SMILES string of the molecule is COc1ccccc1C=c1sc(=C(C#N)C(=O)Nc2ccc(Cl)cc2Cl)n(-c2ccccc2)c1=O. The number of ether oxygens (including phenoxy) is 1. The lowest BCUT2D eigenvalue weighted by atomic mass is 10.2. The summed E-state index contributed by atoms with van der Waals surface area (Å²) in [4.78, 5) is 26.6. The zero-order valence-electron chi connectivity index (χ0n) is 18.3. The van der Waals surface area contributed by atoms with E-state index in [2.05, 4.69) is 5.32 Å². The second-order valence-corrected chi connectivity index (χ2v) is 9.07. The molecule has 0 saturated carbocycles. The van der Waals surface area contributed by atoms with Crippen LogP contribution in [0.25, 0.3) is 17.3 Å². The number of thiazole rings is 1. The number of benzene rings is 3. The van der Waals surface area contributed by atoms with Crippen LogP contribution in [-0.2, 0) is 4.79 Å². The minimum atomic E-state index is -0.702. The van der Waals surface area contributed by atoms with Crippen LogP contribution in [0.5, 0.6) is 5.75 Å². The highest BCUT2D eigenvalue weighted by Crippen LogP contribution is 2.25. The lowest BCUT2D eigenvalue weighted by Gasteiger charge is -2.07. The van der Waals surface area contributed by atoms with Gasteiger partial charge in [0.1, 0.15) is 16.5 Å². The summed E-state index contributed by atoms with van der Waals surface area (Å²) in [6.07, 6.45) is 1.68.